The number of nitrogens with one attached hydrogen (secondary N) is 2. The van der Waals surface area contributed by atoms with Crippen molar-refractivity contribution in [2.45, 2.75) is 12.8 Å². The van der Waals surface area contributed by atoms with Crippen molar-refractivity contribution in [3.05, 3.63) is 132 Å². The zero-order valence-corrected chi connectivity index (χ0v) is 25.5. The summed E-state index contributed by atoms with van der Waals surface area (Å²) in [6, 6.07) is 29.0. The van der Waals surface area contributed by atoms with Gasteiger partial charge in [0.15, 0.2) is 16.7 Å². The smallest absolute Gasteiger partial charge is 0.230 e. The van der Waals surface area contributed by atoms with Gasteiger partial charge >= 0.3 is 0 Å². The Kier molecular flexibility index (Phi) is 9.33. The summed E-state index contributed by atoms with van der Waals surface area (Å²) >= 11 is 6.91. The molecule has 6 rings (SSSR count). The number of rotatable bonds is 10. The van der Waals surface area contributed by atoms with Crippen LogP contribution in [0.1, 0.15) is 11.3 Å². The Morgan fingerprint density at radius 1 is 0.867 bits per heavy atom. The molecule has 0 radical (unpaired) electrons. The Morgan fingerprint density at radius 3 is 2.49 bits per heavy atom. The summed E-state index contributed by atoms with van der Waals surface area (Å²) < 4.78 is 29.2. The first-order valence-electron chi connectivity index (χ1n) is 14.1. The first-order valence-corrected chi connectivity index (χ1v) is 15.4. The molecule has 7 nitrogen and oxygen atoms in total. The van der Waals surface area contributed by atoms with Crippen LogP contribution >= 0.6 is 23.6 Å². The second-order valence-electron chi connectivity index (χ2n) is 9.95. The highest BCUT2D eigenvalue weighted by Gasteiger charge is 2.20. The van der Waals surface area contributed by atoms with Crippen LogP contribution in [0.3, 0.4) is 0 Å². The lowest BCUT2D eigenvalue weighted by atomic mass is 10.0. The second kappa shape index (κ2) is 14.1. The summed E-state index contributed by atoms with van der Waals surface area (Å²) in [4.78, 5) is 21.3. The fourth-order valence-corrected chi connectivity index (χ4v) is 5.74. The number of carbonyl (C=O) groups excluding carboxylic acids is 1. The molecule has 0 saturated heterocycles. The Labute approximate surface area is 268 Å². The minimum Gasteiger partial charge on any atom is -0.493 e. The molecule has 0 bridgehead atoms. The van der Waals surface area contributed by atoms with Crippen LogP contribution in [0.2, 0.25) is 0 Å². The van der Waals surface area contributed by atoms with E-state index in [-0.39, 0.29) is 28.8 Å². The molecule has 45 heavy (non-hydrogen) atoms. The van der Waals surface area contributed by atoms with Crippen molar-refractivity contribution >= 4 is 50.5 Å². The van der Waals surface area contributed by atoms with E-state index in [9.17, 15) is 4.79 Å². The number of fused-ring (bicyclic) bond motifs is 1. The molecule has 2 N–H and O–H groups in total. The van der Waals surface area contributed by atoms with Gasteiger partial charge < -0.3 is 20.1 Å². The highest BCUT2D eigenvalue weighted by Crippen LogP contribution is 2.40. The van der Waals surface area contributed by atoms with Crippen LogP contribution in [0.5, 0.6) is 17.2 Å². The van der Waals surface area contributed by atoms with Crippen molar-refractivity contribution in [1.82, 2.24) is 15.3 Å². The number of ether oxygens (including phenoxy) is 2. The van der Waals surface area contributed by atoms with E-state index in [1.807, 2.05) is 60.0 Å². The van der Waals surface area contributed by atoms with Crippen LogP contribution in [-0.2, 0) is 17.6 Å². The number of hydrogen-bond donors (Lipinski definition) is 2. The summed E-state index contributed by atoms with van der Waals surface area (Å²) in [5, 5.41) is 7.66. The van der Waals surface area contributed by atoms with Gasteiger partial charge in [-0.1, -0.05) is 48.5 Å². The molecule has 6 aromatic rings. The molecule has 0 aliphatic heterocycles. The number of benzene rings is 3. The zero-order chi connectivity index (χ0) is 31.0. The Hall–Kier alpha value is -5.19. The summed E-state index contributed by atoms with van der Waals surface area (Å²) in [6.07, 6.45) is 4.19. The van der Waals surface area contributed by atoms with Crippen LogP contribution in [0.15, 0.2) is 115 Å². The maximum absolute atomic E-state index is 16.4. The summed E-state index contributed by atoms with van der Waals surface area (Å²) in [5.41, 5.74) is 3.71. The average molecular weight is 635 g/mol. The number of thiocarbonyl (C=S) groups is 1. The fourth-order valence-electron chi connectivity index (χ4n) is 4.71. The molecule has 1 amide bonds. The van der Waals surface area contributed by atoms with E-state index in [0.29, 0.717) is 35.8 Å². The van der Waals surface area contributed by atoms with Crippen molar-refractivity contribution < 1.29 is 18.7 Å². The number of carbonyl (C=O) groups is 1. The predicted molar refractivity (Wildman–Crippen MR) is 179 cm³/mol. The number of anilines is 1. The van der Waals surface area contributed by atoms with E-state index in [1.54, 1.807) is 48.8 Å². The van der Waals surface area contributed by atoms with Crippen LogP contribution in [0.25, 0.3) is 21.3 Å². The maximum atomic E-state index is 16.4. The lowest BCUT2D eigenvalue weighted by molar-refractivity contribution is -0.119. The molecule has 3 aromatic heterocycles. The molecule has 0 saturated carbocycles. The number of thiophene rings is 1. The third kappa shape index (κ3) is 7.49. The second-order valence-corrected chi connectivity index (χ2v) is 11.3. The summed E-state index contributed by atoms with van der Waals surface area (Å²) in [5.74, 6) is 0.291. The first-order chi connectivity index (χ1) is 22.0. The van der Waals surface area contributed by atoms with Crippen molar-refractivity contribution in [3.8, 4) is 28.4 Å². The highest BCUT2D eigenvalue weighted by molar-refractivity contribution is 7.80. The third-order valence-corrected chi connectivity index (χ3v) is 7.96. The first kappa shape index (κ1) is 29.9. The van der Waals surface area contributed by atoms with Crippen molar-refractivity contribution in [2.24, 2.45) is 0 Å². The van der Waals surface area contributed by atoms with Crippen molar-refractivity contribution in [2.75, 3.05) is 11.9 Å². The molecule has 0 aliphatic rings. The molecule has 0 spiro atoms. The quantitative estimate of drug-likeness (QED) is 0.148. The number of aromatic nitrogens is 2. The van der Waals surface area contributed by atoms with Crippen molar-refractivity contribution in [3.63, 3.8) is 0 Å². The number of amides is 1. The molecule has 3 heterocycles. The third-order valence-electron chi connectivity index (χ3n) is 6.84. The number of nitrogens with zero attached hydrogens (tertiary/aromatic N) is 2. The van der Waals surface area contributed by atoms with E-state index in [4.69, 9.17) is 21.7 Å². The van der Waals surface area contributed by atoms with Gasteiger partial charge in [-0.3, -0.25) is 14.8 Å². The lowest BCUT2D eigenvalue weighted by Gasteiger charge is -2.17. The van der Waals surface area contributed by atoms with Gasteiger partial charge in [-0.05, 0) is 71.2 Å². The van der Waals surface area contributed by atoms with E-state index < -0.39 is 5.82 Å². The number of pyridine rings is 2. The van der Waals surface area contributed by atoms with Gasteiger partial charge in [-0.2, -0.15) is 0 Å². The summed E-state index contributed by atoms with van der Waals surface area (Å²) in [6.45, 7) is 0.445. The number of halogens is 1. The molecule has 0 aliphatic carbocycles. The standard InChI is InChI=1S/C35H27FN4O3S2/c36-33-29(43-30-15-19-38-28-17-21-45-34(28)30)14-13-27(39-35(44)40-31(41)22-23-6-2-1-3-7-23)32(33)24-9-11-26(12-10-24)42-20-16-25-8-4-5-18-37-25/h1-15,17-19,21H,16,20,22H2,(H2,39,40,41,44). The maximum Gasteiger partial charge on any atom is 0.230 e. The molecule has 0 unspecified atom stereocenters. The van der Waals surface area contributed by atoms with Crippen LogP contribution in [0, 0.1) is 5.82 Å². The normalized spacial score (nSPS) is 10.8. The minimum absolute atomic E-state index is 0.0335. The fraction of sp³-hybridized carbons (Fsp3) is 0.0857. The molecule has 10 heteroatoms. The van der Waals surface area contributed by atoms with E-state index in [2.05, 4.69) is 20.6 Å². The zero-order valence-electron chi connectivity index (χ0n) is 23.9. The lowest BCUT2D eigenvalue weighted by Crippen LogP contribution is -2.35. The molecule has 3 aromatic carbocycles. The van der Waals surface area contributed by atoms with Gasteiger partial charge in [-0.25, -0.2) is 4.39 Å². The van der Waals surface area contributed by atoms with Gasteiger partial charge in [0.1, 0.15) is 11.5 Å². The van der Waals surface area contributed by atoms with Crippen molar-refractivity contribution in [1.29, 1.82) is 0 Å². The van der Waals surface area contributed by atoms with Gasteiger partial charge in [0.25, 0.3) is 0 Å². The Balaban J connectivity index is 1.24. The van der Waals surface area contributed by atoms with Gasteiger partial charge in [0.2, 0.25) is 5.91 Å². The number of hydrogen-bond acceptors (Lipinski definition) is 7. The largest absolute Gasteiger partial charge is 0.493 e. The molecule has 0 atom stereocenters. The van der Waals surface area contributed by atoms with Crippen LogP contribution in [-0.4, -0.2) is 27.6 Å². The SMILES string of the molecule is O=C(Cc1ccccc1)NC(=S)Nc1ccc(Oc2ccnc3ccsc23)c(F)c1-c1ccc(OCCc2ccccn2)cc1. The molecule has 224 valence electrons. The van der Waals surface area contributed by atoms with Gasteiger partial charge in [0.05, 0.1) is 28.9 Å². The van der Waals surface area contributed by atoms with Crippen LogP contribution < -0.4 is 20.1 Å². The van der Waals surface area contributed by atoms with E-state index in [1.165, 1.54) is 17.4 Å². The Bertz CT molecular complexity index is 1930. The average Bonchev–Trinajstić information content (AvgIpc) is 3.54. The van der Waals surface area contributed by atoms with E-state index >= 15 is 4.39 Å². The molecular formula is C35H27FN4O3S2. The monoisotopic (exact) mass is 634 g/mol. The summed E-state index contributed by atoms with van der Waals surface area (Å²) in [7, 11) is 0. The van der Waals surface area contributed by atoms with Gasteiger partial charge in [-0.15, -0.1) is 11.3 Å². The van der Waals surface area contributed by atoms with Gasteiger partial charge in [0, 0.05) is 36.1 Å². The topological polar surface area (TPSA) is 85.4 Å². The minimum atomic E-state index is -0.594. The molecule has 0 fully saturated rings. The Morgan fingerprint density at radius 2 is 1.69 bits per heavy atom. The highest BCUT2D eigenvalue weighted by atomic mass is 32.1. The van der Waals surface area contributed by atoms with E-state index in [0.717, 1.165) is 21.5 Å². The van der Waals surface area contributed by atoms with Crippen LogP contribution in [0.4, 0.5) is 10.1 Å². The predicted octanol–water partition coefficient (Wildman–Crippen LogP) is 7.97. The molecular weight excluding hydrogens is 608 g/mol.